The number of nitrogens with two attached hydrogens (primary N) is 1. The molecule has 2 rings (SSSR count). The molecule has 1 aliphatic heterocycles. The van der Waals surface area contributed by atoms with Crippen molar-refractivity contribution >= 4 is 51.9 Å². The van der Waals surface area contributed by atoms with Crippen molar-refractivity contribution in [3.8, 4) is 0 Å². The van der Waals surface area contributed by atoms with Crippen LogP contribution in [-0.2, 0) is 36.3 Å². The van der Waals surface area contributed by atoms with Crippen molar-refractivity contribution < 1.29 is 55.9 Å². The number of hydrogen-bond acceptors (Lipinski definition) is 12. The SMILES string of the molecule is [N-]=[N+]=NC(I)O[C@@H]1C[C@H](n2ccc(N)nc2=O)O[C@@H]1COP(=O)(O)OP(=O)(O)OP(=O)(O)O. The Kier molecular flexibility index (Phi) is 9.59. The van der Waals surface area contributed by atoms with Crippen molar-refractivity contribution in [3.63, 3.8) is 0 Å². The molecule has 0 bridgehead atoms. The maximum absolute atomic E-state index is 12.1. The van der Waals surface area contributed by atoms with Gasteiger partial charge in [-0.3, -0.25) is 9.09 Å². The highest BCUT2D eigenvalue weighted by atomic mass is 127. The minimum atomic E-state index is -5.71. The van der Waals surface area contributed by atoms with Gasteiger partial charge in [-0.15, -0.1) is 0 Å². The van der Waals surface area contributed by atoms with E-state index in [1.807, 2.05) is 0 Å². The molecule has 0 spiro atoms. The van der Waals surface area contributed by atoms with E-state index < -0.39 is 58.4 Å². The van der Waals surface area contributed by atoms with Crippen molar-refractivity contribution in [2.75, 3.05) is 12.3 Å². The van der Waals surface area contributed by atoms with Crippen LogP contribution in [0.4, 0.5) is 5.82 Å². The van der Waals surface area contributed by atoms with Gasteiger partial charge in [-0.05, 0) is 34.2 Å². The quantitative estimate of drug-likeness (QED) is 0.0423. The summed E-state index contributed by atoms with van der Waals surface area (Å²) in [5, 5.41) is 3.30. The first-order chi connectivity index (χ1) is 15.1. The number of azide groups is 1. The van der Waals surface area contributed by atoms with Gasteiger partial charge < -0.3 is 34.8 Å². The fourth-order valence-corrected chi connectivity index (χ4v) is 6.01. The highest BCUT2D eigenvalue weighted by Crippen LogP contribution is 2.66. The van der Waals surface area contributed by atoms with E-state index in [2.05, 4.69) is 28.2 Å². The molecule has 1 aromatic rings. The van der Waals surface area contributed by atoms with Gasteiger partial charge in [-0.1, -0.05) is 5.11 Å². The van der Waals surface area contributed by atoms with Crippen LogP contribution in [0.5, 0.6) is 0 Å². The van der Waals surface area contributed by atoms with Crippen LogP contribution < -0.4 is 11.4 Å². The number of phosphoric acid groups is 3. The van der Waals surface area contributed by atoms with Gasteiger partial charge in [-0.25, -0.2) is 18.5 Å². The summed E-state index contributed by atoms with van der Waals surface area (Å²) in [6, 6.07) is 1.31. The Morgan fingerprint density at radius 3 is 2.58 bits per heavy atom. The molecule has 1 aromatic heterocycles. The number of alkyl halides is 1. The lowest BCUT2D eigenvalue weighted by Crippen LogP contribution is -2.30. The zero-order valence-corrected chi connectivity index (χ0v) is 20.7. The Balaban J connectivity index is 2.15. The lowest BCUT2D eigenvalue weighted by Gasteiger charge is -2.21. The van der Waals surface area contributed by atoms with Gasteiger partial charge in [-0.2, -0.15) is 13.6 Å². The van der Waals surface area contributed by atoms with Gasteiger partial charge in [0.2, 0.25) is 0 Å². The second-order valence-electron chi connectivity index (χ2n) is 5.97. The smallest absolute Gasteiger partial charge is 0.383 e. The normalized spacial score (nSPS) is 25.5. The number of nitrogens with zero attached hydrogens (tertiary/aromatic N) is 5. The number of nitrogen functional groups attached to an aromatic ring is 1. The fraction of sp³-hybridized carbons (Fsp3) is 0.600. The number of halogens is 1. The summed E-state index contributed by atoms with van der Waals surface area (Å²) in [6.07, 6.45) is -2.04. The number of rotatable bonds is 11. The molecule has 186 valence electrons. The standard InChI is InChI=1S/C10H16IN6O13P3/c11-9(15-16-13)28-5-3-8(17-2-1-7(12)14-10(17)18)27-6(5)4-26-32(22,23)30-33(24,25)29-31(19,20)21/h1-2,5-6,8-9H,3-4H2,(H,22,23)(H,24,25)(H2,12,14,18)(H2,19,20,21)/t5-,6-,8-,9?/m1/s1. The van der Waals surface area contributed by atoms with Crippen molar-refractivity contribution in [2.45, 2.75) is 29.1 Å². The van der Waals surface area contributed by atoms with Crippen LogP contribution in [-0.4, -0.2) is 52.2 Å². The van der Waals surface area contributed by atoms with E-state index in [-0.39, 0.29) is 12.2 Å². The highest BCUT2D eigenvalue weighted by Gasteiger charge is 2.44. The van der Waals surface area contributed by atoms with Gasteiger partial charge in [0.25, 0.3) is 0 Å². The maximum Gasteiger partial charge on any atom is 0.490 e. The molecule has 6 atom stereocenters. The number of ether oxygens (including phenoxy) is 2. The molecule has 23 heteroatoms. The summed E-state index contributed by atoms with van der Waals surface area (Å²) in [7, 11) is -16.7. The molecule has 1 saturated heterocycles. The topological polar surface area (TPSA) is 288 Å². The molecule has 6 N–H and O–H groups in total. The number of anilines is 1. The number of hydrogen-bond donors (Lipinski definition) is 5. The van der Waals surface area contributed by atoms with Crippen molar-refractivity contribution in [1.29, 1.82) is 0 Å². The Bertz CT molecular complexity index is 1110. The molecular formula is C10H16IN6O13P3. The Morgan fingerprint density at radius 1 is 1.33 bits per heavy atom. The first-order valence-corrected chi connectivity index (χ1v) is 14.0. The molecule has 0 aromatic carbocycles. The van der Waals surface area contributed by atoms with Crippen molar-refractivity contribution in [3.05, 3.63) is 33.2 Å². The molecule has 2 heterocycles. The van der Waals surface area contributed by atoms with Crippen LogP contribution in [0, 0.1) is 0 Å². The summed E-state index contributed by atoms with van der Waals surface area (Å²) in [6.45, 7) is -0.846. The third kappa shape index (κ3) is 9.31. The van der Waals surface area contributed by atoms with Gasteiger partial charge >= 0.3 is 29.2 Å². The van der Waals surface area contributed by atoms with Crippen LogP contribution in [0.15, 0.2) is 22.2 Å². The van der Waals surface area contributed by atoms with Crippen LogP contribution >= 0.6 is 46.1 Å². The molecule has 3 unspecified atom stereocenters. The van der Waals surface area contributed by atoms with E-state index in [9.17, 15) is 28.3 Å². The lowest BCUT2D eigenvalue weighted by molar-refractivity contribution is -0.0626. The molecule has 1 aliphatic rings. The molecule has 1 fully saturated rings. The largest absolute Gasteiger partial charge is 0.490 e. The summed E-state index contributed by atoms with van der Waals surface area (Å²) in [5.74, 6) is -0.0538. The molecular weight excluding hydrogens is 632 g/mol. The van der Waals surface area contributed by atoms with Gasteiger partial charge in [0.05, 0.1) is 12.7 Å². The molecule has 0 aliphatic carbocycles. The third-order valence-corrected chi connectivity index (χ3v) is 7.93. The number of phosphoric ester groups is 1. The zero-order chi connectivity index (χ0) is 25.0. The average molecular weight is 648 g/mol. The average Bonchev–Trinajstić information content (AvgIpc) is 2.99. The van der Waals surface area contributed by atoms with E-state index in [0.29, 0.717) is 0 Å². The first-order valence-electron chi connectivity index (χ1n) is 8.23. The molecule has 0 amide bonds. The minimum Gasteiger partial charge on any atom is -0.383 e. The Morgan fingerprint density at radius 2 is 2.00 bits per heavy atom. The summed E-state index contributed by atoms with van der Waals surface area (Å²) < 4.78 is 56.9. The van der Waals surface area contributed by atoms with E-state index in [4.69, 9.17) is 30.5 Å². The number of aromatic nitrogens is 2. The second kappa shape index (κ2) is 11.2. The first kappa shape index (κ1) is 28.3. The Hall–Kier alpha value is -0.950. The summed E-state index contributed by atoms with van der Waals surface area (Å²) in [4.78, 5) is 54.1. The van der Waals surface area contributed by atoms with Crippen molar-refractivity contribution in [2.24, 2.45) is 5.11 Å². The van der Waals surface area contributed by atoms with Crippen LogP contribution in [0.1, 0.15) is 12.6 Å². The van der Waals surface area contributed by atoms with Crippen molar-refractivity contribution in [1.82, 2.24) is 9.55 Å². The lowest BCUT2D eigenvalue weighted by atomic mass is 10.2. The van der Waals surface area contributed by atoms with Crippen LogP contribution in [0.3, 0.4) is 0 Å². The monoisotopic (exact) mass is 648 g/mol. The van der Waals surface area contributed by atoms with Gasteiger partial charge in [0, 0.05) is 17.5 Å². The molecule has 0 saturated carbocycles. The highest BCUT2D eigenvalue weighted by molar-refractivity contribution is 14.1. The minimum absolute atomic E-state index is 0.0538. The fourth-order valence-electron chi connectivity index (χ4n) is 2.49. The molecule has 19 nitrogen and oxygen atoms in total. The zero-order valence-electron chi connectivity index (χ0n) is 15.9. The summed E-state index contributed by atoms with van der Waals surface area (Å²) in [5.41, 5.74) is 13.2. The van der Waals surface area contributed by atoms with E-state index in [1.165, 1.54) is 12.3 Å². The maximum atomic E-state index is 12.1. The van der Waals surface area contributed by atoms with E-state index >= 15 is 0 Å². The van der Waals surface area contributed by atoms with Gasteiger partial charge in [0.15, 0.2) is 4.23 Å². The Labute approximate surface area is 197 Å². The molecule has 0 radical (unpaired) electrons. The third-order valence-electron chi connectivity index (χ3n) is 3.59. The second-order valence-corrected chi connectivity index (χ2v) is 11.5. The van der Waals surface area contributed by atoms with Gasteiger partial charge in [0.1, 0.15) is 18.1 Å². The van der Waals surface area contributed by atoms with E-state index in [0.717, 1.165) is 4.57 Å². The summed E-state index contributed by atoms with van der Waals surface area (Å²) >= 11 is 1.62. The van der Waals surface area contributed by atoms with Crippen LogP contribution in [0.25, 0.3) is 10.4 Å². The van der Waals surface area contributed by atoms with Crippen LogP contribution in [0.2, 0.25) is 0 Å². The van der Waals surface area contributed by atoms with E-state index in [1.54, 1.807) is 22.6 Å². The predicted octanol–water partition coefficient (Wildman–Crippen LogP) is 0.870. The molecule has 33 heavy (non-hydrogen) atoms. The predicted molar refractivity (Wildman–Crippen MR) is 113 cm³/mol.